The van der Waals surface area contributed by atoms with Gasteiger partial charge in [0.15, 0.2) is 10.8 Å². The second-order valence-corrected chi connectivity index (χ2v) is 7.19. The molecule has 3 heterocycles. The Balaban J connectivity index is 0.00000131. The Hall–Kier alpha value is -1.86. The first-order valence-corrected chi connectivity index (χ1v) is 9.19. The maximum atomic E-state index is 13.1. The van der Waals surface area contributed by atoms with Crippen molar-refractivity contribution >= 4 is 42.1 Å². The number of rotatable bonds is 3. The Morgan fingerprint density at radius 1 is 1.19 bits per heavy atom. The van der Waals surface area contributed by atoms with Gasteiger partial charge in [0.05, 0.1) is 12.0 Å². The van der Waals surface area contributed by atoms with Crippen molar-refractivity contribution in [1.82, 2.24) is 9.88 Å². The molecule has 144 valence electrons. The molecule has 8 heteroatoms. The number of likely N-dealkylation sites (tertiary alicyclic amines) is 1. The number of thiazole rings is 1. The summed E-state index contributed by atoms with van der Waals surface area (Å²) in [6.07, 6.45) is 3.52. The topological polar surface area (TPSA) is 72.4 Å². The lowest BCUT2D eigenvalue weighted by atomic mass is 10.1. The number of carbonyl (C=O) groups excluding carboxylic acids is 1. The molecule has 1 amide bonds. The Morgan fingerprint density at radius 2 is 1.96 bits per heavy atom. The summed E-state index contributed by atoms with van der Waals surface area (Å²) in [4.78, 5) is 20.3. The third kappa shape index (κ3) is 4.52. The summed E-state index contributed by atoms with van der Waals surface area (Å²) in [5.74, 6) is 0.681. The van der Waals surface area contributed by atoms with Crippen LogP contribution in [0.15, 0.2) is 53.1 Å². The first-order chi connectivity index (χ1) is 12.2. The number of amides is 1. The van der Waals surface area contributed by atoms with Crippen molar-refractivity contribution in [3.8, 4) is 22.0 Å². The molecule has 1 unspecified atom stereocenters. The molecule has 1 aromatic carbocycles. The van der Waals surface area contributed by atoms with Crippen LogP contribution in [0.25, 0.3) is 22.0 Å². The zero-order valence-corrected chi connectivity index (χ0v) is 17.0. The minimum atomic E-state index is 0. The summed E-state index contributed by atoms with van der Waals surface area (Å²) in [6.45, 7) is 1.34. The molecule has 1 fully saturated rings. The Labute approximate surface area is 174 Å². The molecule has 1 atom stereocenters. The molecule has 1 aliphatic rings. The molecule has 2 N–H and O–H groups in total. The van der Waals surface area contributed by atoms with Gasteiger partial charge < -0.3 is 15.1 Å². The van der Waals surface area contributed by atoms with Crippen LogP contribution in [0.2, 0.25) is 0 Å². The standard InChI is InChI=1S/C19H19N3O2S.2ClH/c20-14-8-4-10-22(12-14)19(23)17-16(13-6-2-1-3-7-13)21-18(25-17)15-9-5-11-24-15;;/h1-3,5-7,9,11,14H,4,8,10,12,20H2;2*1H. The van der Waals surface area contributed by atoms with E-state index in [1.165, 1.54) is 11.3 Å². The zero-order chi connectivity index (χ0) is 17.2. The number of hydrogen-bond acceptors (Lipinski definition) is 5. The predicted molar refractivity (Wildman–Crippen MR) is 113 cm³/mol. The first-order valence-electron chi connectivity index (χ1n) is 8.37. The molecular weight excluding hydrogens is 405 g/mol. The average Bonchev–Trinajstić information content (AvgIpc) is 3.31. The Bertz CT molecular complexity index is 868. The third-order valence-electron chi connectivity index (χ3n) is 4.35. The van der Waals surface area contributed by atoms with E-state index in [0.29, 0.717) is 27.9 Å². The lowest BCUT2D eigenvalue weighted by Crippen LogP contribution is -2.45. The molecule has 1 aliphatic heterocycles. The third-order valence-corrected chi connectivity index (χ3v) is 5.40. The van der Waals surface area contributed by atoms with Crippen molar-refractivity contribution < 1.29 is 9.21 Å². The van der Waals surface area contributed by atoms with E-state index in [4.69, 9.17) is 15.1 Å². The van der Waals surface area contributed by atoms with Crippen LogP contribution in [0.1, 0.15) is 22.5 Å². The molecule has 0 saturated carbocycles. The SMILES string of the molecule is Cl.Cl.NC1CCCN(C(=O)c2sc(-c3ccco3)nc2-c2ccccc2)C1. The summed E-state index contributed by atoms with van der Waals surface area (Å²) in [5.41, 5.74) is 7.69. The van der Waals surface area contributed by atoms with Crippen LogP contribution in [0.3, 0.4) is 0 Å². The van der Waals surface area contributed by atoms with Crippen molar-refractivity contribution in [1.29, 1.82) is 0 Å². The summed E-state index contributed by atoms with van der Waals surface area (Å²) in [5, 5.41) is 0.716. The fraction of sp³-hybridized carbons (Fsp3) is 0.263. The highest BCUT2D eigenvalue weighted by atomic mass is 35.5. The highest BCUT2D eigenvalue weighted by Gasteiger charge is 2.28. The molecule has 1 saturated heterocycles. The van der Waals surface area contributed by atoms with Crippen molar-refractivity contribution in [2.24, 2.45) is 5.73 Å². The Morgan fingerprint density at radius 3 is 2.63 bits per heavy atom. The van der Waals surface area contributed by atoms with E-state index in [-0.39, 0.29) is 36.8 Å². The van der Waals surface area contributed by atoms with Crippen LogP contribution in [0.5, 0.6) is 0 Å². The van der Waals surface area contributed by atoms with Gasteiger partial charge in [0, 0.05) is 24.7 Å². The maximum Gasteiger partial charge on any atom is 0.266 e. The molecule has 0 bridgehead atoms. The van der Waals surface area contributed by atoms with Crippen LogP contribution >= 0.6 is 36.2 Å². The van der Waals surface area contributed by atoms with Gasteiger partial charge in [-0.1, -0.05) is 30.3 Å². The van der Waals surface area contributed by atoms with E-state index >= 15 is 0 Å². The number of furan rings is 1. The number of nitrogens with two attached hydrogens (primary N) is 1. The van der Waals surface area contributed by atoms with Crippen LogP contribution in [-0.4, -0.2) is 34.9 Å². The largest absolute Gasteiger partial charge is 0.462 e. The predicted octanol–water partition coefficient (Wildman–Crippen LogP) is 4.48. The fourth-order valence-corrected chi connectivity index (χ4v) is 4.12. The number of hydrogen-bond donors (Lipinski definition) is 1. The van der Waals surface area contributed by atoms with Gasteiger partial charge in [0.1, 0.15) is 4.88 Å². The smallest absolute Gasteiger partial charge is 0.266 e. The fourth-order valence-electron chi connectivity index (χ4n) is 3.10. The van der Waals surface area contributed by atoms with E-state index < -0.39 is 0 Å². The number of carbonyl (C=O) groups is 1. The van der Waals surface area contributed by atoms with E-state index in [1.54, 1.807) is 6.26 Å². The van der Waals surface area contributed by atoms with Gasteiger partial charge in [0.25, 0.3) is 5.91 Å². The molecule has 0 spiro atoms. The number of halogens is 2. The minimum Gasteiger partial charge on any atom is -0.462 e. The van der Waals surface area contributed by atoms with Crippen molar-refractivity contribution in [2.45, 2.75) is 18.9 Å². The lowest BCUT2D eigenvalue weighted by molar-refractivity contribution is 0.0714. The second kappa shape index (κ2) is 9.37. The van der Waals surface area contributed by atoms with Crippen molar-refractivity contribution in [3.05, 3.63) is 53.6 Å². The highest BCUT2D eigenvalue weighted by Crippen LogP contribution is 2.35. The summed E-state index contributed by atoms with van der Waals surface area (Å²) in [6, 6.07) is 13.5. The molecule has 0 aliphatic carbocycles. The van der Waals surface area contributed by atoms with Crippen molar-refractivity contribution in [3.63, 3.8) is 0 Å². The van der Waals surface area contributed by atoms with Gasteiger partial charge in [-0.3, -0.25) is 4.79 Å². The summed E-state index contributed by atoms with van der Waals surface area (Å²) in [7, 11) is 0. The van der Waals surface area contributed by atoms with Crippen LogP contribution < -0.4 is 5.73 Å². The average molecular weight is 426 g/mol. The second-order valence-electron chi connectivity index (χ2n) is 6.19. The van der Waals surface area contributed by atoms with E-state index in [9.17, 15) is 4.79 Å². The van der Waals surface area contributed by atoms with Gasteiger partial charge in [-0.25, -0.2) is 4.98 Å². The maximum absolute atomic E-state index is 13.1. The zero-order valence-electron chi connectivity index (χ0n) is 14.5. The van der Waals surface area contributed by atoms with Gasteiger partial charge in [-0.2, -0.15) is 0 Å². The van der Waals surface area contributed by atoms with Gasteiger partial charge in [0.2, 0.25) is 0 Å². The molecular formula is C19H21Cl2N3O2S. The molecule has 5 nitrogen and oxygen atoms in total. The minimum absolute atomic E-state index is 0. The first kappa shape index (κ1) is 21.4. The molecule has 0 radical (unpaired) electrons. The van der Waals surface area contributed by atoms with E-state index in [2.05, 4.69) is 0 Å². The molecule has 27 heavy (non-hydrogen) atoms. The normalized spacial score (nSPS) is 16.3. The quantitative estimate of drug-likeness (QED) is 0.671. The van der Waals surface area contributed by atoms with E-state index in [1.807, 2.05) is 47.4 Å². The number of aromatic nitrogens is 1. The monoisotopic (exact) mass is 425 g/mol. The van der Waals surface area contributed by atoms with Crippen molar-refractivity contribution in [2.75, 3.05) is 13.1 Å². The lowest BCUT2D eigenvalue weighted by Gasteiger charge is -2.30. The van der Waals surface area contributed by atoms with Gasteiger partial charge in [-0.15, -0.1) is 36.2 Å². The van der Waals surface area contributed by atoms with Crippen LogP contribution in [-0.2, 0) is 0 Å². The highest BCUT2D eigenvalue weighted by molar-refractivity contribution is 7.17. The van der Waals surface area contributed by atoms with Crippen LogP contribution in [0, 0.1) is 0 Å². The molecule has 3 aromatic rings. The summed E-state index contributed by atoms with van der Waals surface area (Å²) >= 11 is 1.38. The number of nitrogens with zero attached hydrogens (tertiary/aromatic N) is 2. The summed E-state index contributed by atoms with van der Waals surface area (Å²) < 4.78 is 5.47. The Kier molecular flexibility index (Phi) is 7.44. The van der Waals surface area contributed by atoms with Gasteiger partial charge in [-0.05, 0) is 25.0 Å². The van der Waals surface area contributed by atoms with Crippen LogP contribution in [0.4, 0.5) is 0 Å². The number of benzene rings is 1. The van der Waals surface area contributed by atoms with Gasteiger partial charge >= 0.3 is 0 Å². The molecule has 4 rings (SSSR count). The van der Waals surface area contributed by atoms with E-state index in [0.717, 1.165) is 24.9 Å². The molecule has 2 aromatic heterocycles. The number of piperidine rings is 1.